The molecule has 19 heavy (non-hydrogen) atoms. The first kappa shape index (κ1) is 13.2. The fourth-order valence-corrected chi connectivity index (χ4v) is 2.38. The van der Waals surface area contributed by atoms with Crippen molar-refractivity contribution in [3.05, 3.63) is 23.2 Å². The van der Waals surface area contributed by atoms with Gasteiger partial charge in [0.25, 0.3) is 0 Å². The maximum absolute atomic E-state index is 11.1. The van der Waals surface area contributed by atoms with E-state index in [0.29, 0.717) is 18.8 Å². The normalized spacial score (nSPS) is 10.4. The van der Waals surface area contributed by atoms with Crippen molar-refractivity contribution in [2.45, 2.75) is 13.5 Å². The Morgan fingerprint density at radius 2 is 2.32 bits per heavy atom. The molecule has 0 fully saturated rings. The first-order valence-electron chi connectivity index (χ1n) is 5.54. The van der Waals surface area contributed by atoms with E-state index in [9.17, 15) is 9.59 Å². The molecule has 7 nitrogen and oxygen atoms in total. The number of carboxylic acid groups (broad SMARTS) is 1. The Morgan fingerprint density at radius 1 is 1.53 bits per heavy atom. The van der Waals surface area contributed by atoms with Crippen molar-refractivity contribution in [2.75, 3.05) is 6.54 Å². The molecule has 0 atom stereocenters. The number of carboxylic acids is 1. The molecule has 2 heterocycles. The molecule has 2 rings (SSSR count). The molecule has 2 aromatic heterocycles. The molecule has 8 heteroatoms. The van der Waals surface area contributed by atoms with E-state index >= 15 is 0 Å². The summed E-state index contributed by atoms with van der Waals surface area (Å²) in [6.45, 7) is 2.16. The van der Waals surface area contributed by atoms with E-state index in [4.69, 9.17) is 5.11 Å². The molecule has 0 aliphatic rings. The summed E-state index contributed by atoms with van der Waals surface area (Å²) in [6.07, 6.45) is 0. The van der Waals surface area contributed by atoms with Crippen LogP contribution in [-0.2, 0) is 11.3 Å². The van der Waals surface area contributed by atoms with Crippen LogP contribution in [0.25, 0.3) is 10.6 Å². The topological polar surface area (TPSA) is 97.1 Å². The zero-order valence-electron chi connectivity index (χ0n) is 10.2. The van der Waals surface area contributed by atoms with Gasteiger partial charge in [-0.25, -0.2) is 9.48 Å². The Labute approximate surface area is 112 Å². The van der Waals surface area contributed by atoms with Gasteiger partial charge in [-0.05, 0) is 11.4 Å². The summed E-state index contributed by atoms with van der Waals surface area (Å²) in [5.41, 5.74) is 0.387. The minimum Gasteiger partial charge on any atom is -0.476 e. The van der Waals surface area contributed by atoms with Gasteiger partial charge in [0, 0.05) is 13.5 Å². The zero-order chi connectivity index (χ0) is 13.8. The van der Waals surface area contributed by atoms with Crippen LogP contribution in [-0.4, -0.2) is 38.5 Å². The van der Waals surface area contributed by atoms with E-state index in [1.54, 1.807) is 0 Å². The van der Waals surface area contributed by atoms with Crippen molar-refractivity contribution in [1.82, 2.24) is 20.3 Å². The lowest BCUT2D eigenvalue weighted by Crippen LogP contribution is -2.25. The molecule has 0 aliphatic heterocycles. The van der Waals surface area contributed by atoms with Crippen molar-refractivity contribution in [3.8, 4) is 10.6 Å². The molecule has 0 bridgehead atoms. The van der Waals surface area contributed by atoms with Crippen LogP contribution in [0, 0.1) is 0 Å². The average Bonchev–Trinajstić information content (AvgIpc) is 2.94. The average molecular weight is 280 g/mol. The van der Waals surface area contributed by atoms with Gasteiger partial charge in [0.2, 0.25) is 5.91 Å². The largest absolute Gasteiger partial charge is 0.476 e. The SMILES string of the molecule is CC(=O)NCCn1nnc(C(=O)O)c1-c1cccs1. The standard InChI is InChI=1S/C11H12N4O3S/c1-7(16)12-4-5-15-10(8-3-2-6-19-8)9(11(17)18)13-14-15/h2-3,6H,4-5H2,1H3,(H,12,16)(H,17,18). The van der Waals surface area contributed by atoms with E-state index in [1.807, 2.05) is 17.5 Å². The highest BCUT2D eigenvalue weighted by molar-refractivity contribution is 7.13. The van der Waals surface area contributed by atoms with Gasteiger partial charge in [0.05, 0.1) is 11.4 Å². The lowest BCUT2D eigenvalue weighted by molar-refractivity contribution is -0.118. The van der Waals surface area contributed by atoms with Crippen LogP contribution >= 0.6 is 11.3 Å². The van der Waals surface area contributed by atoms with Crippen molar-refractivity contribution < 1.29 is 14.7 Å². The van der Waals surface area contributed by atoms with Crippen LogP contribution < -0.4 is 5.32 Å². The van der Waals surface area contributed by atoms with Gasteiger partial charge in [0.15, 0.2) is 5.69 Å². The molecule has 0 radical (unpaired) electrons. The maximum Gasteiger partial charge on any atom is 0.358 e. The fraction of sp³-hybridized carbons (Fsp3) is 0.273. The molecule has 0 saturated heterocycles. The van der Waals surface area contributed by atoms with E-state index in [0.717, 1.165) is 4.88 Å². The van der Waals surface area contributed by atoms with E-state index in [1.165, 1.54) is 22.9 Å². The number of nitrogens with one attached hydrogen (secondary N) is 1. The summed E-state index contributed by atoms with van der Waals surface area (Å²) in [5, 5.41) is 21.1. The summed E-state index contributed by atoms with van der Waals surface area (Å²) >= 11 is 1.41. The summed E-state index contributed by atoms with van der Waals surface area (Å²) in [6, 6.07) is 3.64. The van der Waals surface area contributed by atoms with E-state index in [2.05, 4.69) is 15.6 Å². The Morgan fingerprint density at radius 3 is 2.89 bits per heavy atom. The third-order valence-corrected chi connectivity index (χ3v) is 3.27. The van der Waals surface area contributed by atoms with Gasteiger partial charge in [-0.2, -0.15) is 0 Å². The molecule has 2 aromatic rings. The molecule has 0 aliphatic carbocycles. The smallest absolute Gasteiger partial charge is 0.358 e. The van der Waals surface area contributed by atoms with Gasteiger partial charge in [-0.3, -0.25) is 4.79 Å². The highest BCUT2D eigenvalue weighted by Gasteiger charge is 2.20. The zero-order valence-corrected chi connectivity index (χ0v) is 11.0. The summed E-state index contributed by atoms with van der Waals surface area (Å²) < 4.78 is 1.49. The predicted molar refractivity (Wildman–Crippen MR) is 69.0 cm³/mol. The Bertz CT molecular complexity index is 591. The second-order valence-electron chi connectivity index (χ2n) is 3.78. The lowest BCUT2D eigenvalue weighted by Gasteiger charge is -2.05. The molecular formula is C11H12N4O3S. The number of aromatic carboxylic acids is 1. The Kier molecular flexibility index (Phi) is 3.91. The molecule has 0 saturated carbocycles. The highest BCUT2D eigenvalue weighted by atomic mass is 32.1. The molecule has 0 aromatic carbocycles. The number of hydrogen-bond donors (Lipinski definition) is 2. The van der Waals surface area contributed by atoms with Crippen LogP contribution in [0.5, 0.6) is 0 Å². The minimum absolute atomic E-state index is 0.0784. The number of carbonyl (C=O) groups is 2. The molecule has 1 amide bonds. The van der Waals surface area contributed by atoms with Crippen molar-refractivity contribution >= 4 is 23.2 Å². The van der Waals surface area contributed by atoms with Gasteiger partial charge in [-0.15, -0.1) is 16.4 Å². The minimum atomic E-state index is -1.12. The molecule has 0 spiro atoms. The quantitative estimate of drug-likeness (QED) is 0.846. The third kappa shape index (κ3) is 2.97. The number of amides is 1. The van der Waals surface area contributed by atoms with Crippen molar-refractivity contribution in [2.24, 2.45) is 0 Å². The summed E-state index contributed by atoms with van der Waals surface area (Å²) in [5.74, 6) is -1.26. The van der Waals surface area contributed by atoms with Gasteiger partial charge < -0.3 is 10.4 Å². The van der Waals surface area contributed by atoms with E-state index in [-0.39, 0.29) is 11.6 Å². The van der Waals surface area contributed by atoms with Crippen molar-refractivity contribution in [3.63, 3.8) is 0 Å². The maximum atomic E-state index is 11.1. The Hall–Kier alpha value is -2.22. The first-order chi connectivity index (χ1) is 9.09. The number of rotatable bonds is 5. The van der Waals surface area contributed by atoms with Crippen LogP contribution in [0.4, 0.5) is 0 Å². The second kappa shape index (κ2) is 5.61. The Balaban J connectivity index is 2.28. The fourth-order valence-electron chi connectivity index (χ4n) is 1.61. The number of carbonyl (C=O) groups excluding carboxylic acids is 1. The summed E-state index contributed by atoms with van der Waals surface area (Å²) in [4.78, 5) is 22.7. The van der Waals surface area contributed by atoms with Gasteiger partial charge >= 0.3 is 5.97 Å². The number of thiophene rings is 1. The third-order valence-electron chi connectivity index (χ3n) is 2.39. The second-order valence-corrected chi connectivity index (χ2v) is 4.72. The van der Waals surface area contributed by atoms with Crippen LogP contribution in [0.15, 0.2) is 17.5 Å². The first-order valence-corrected chi connectivity index (χ1v) is 6.42. The van der Waals surface area contributed by atoms with Crippen LogP contribution in [0.2, 0.25) is 0 Å². The summed E-state index contributed by atoms with van der Waals surface area (Å²) in [7, 11) is 0. The van der Waals surface area contributed by atoms with Gasteiger partial charge in [-0.1, -0.05) is 11.3 Å². The number of nitrogens with zero attached hydrogens (tertiary/aromatic N) is 3. The predicted octanol–water partition coefficient (Wildman–Crippen LogP) is 0.841. The molecule has 100 valence electrons. The monoisotopic (exact) mass is 280 g/mol. The number of aromatic nitrogens is 3. The van der Waals surface area contributed by atoms with Gasteiger partial charge in [0.1, 0.15) is 5.69 Å². The number of hydrogen-bond acceptors (Lipinski definition) is 5. The molecular weight excluding hydrogens is 268 g/mol. The van der Waals surface area contributed by atoms with E-state index < -0.39 is 5.97 Å². The molecule has 0 unspecified atom stereocenters. The van der Waals surface area contributed by atoms with Crippen molar-refractivity contribution in [1.29, 1.82) is 0 Å². The highest BCUT2D eigenvalue weighted by Crippen LogP contribution is 2.26. The lowest BCUT2D eigenvalue weighted by atomic mass is 10.2. The van der Waals surface area contributed by atoms with Crippen LogP contribution in [0.1, 0.15) is 17.4 Å². The van der Waals surface area contributed by atoms with Crippen LogP contribution in [0.3, 0.4) is 0 Å². The molecule has 2 N–H and O–H groups in total.